The van der Waals surface area contributed by atoms with Gasteiger partial charge >= 0.3 is 0 Å². The van der Waals surface area contributed by atoms with Crippen LogP contribution in [0.4, 0.5) is 0 Å². The summed E-state index contributed by atoms with van der Waals surface area (Å²) in [6.07, 6.45) is 4.90. The average Bonchev–Trinajstić information content (AvgIpc) is 2.47. The van der Waals surface area contributed by atoms with Gasteiger partial charge in [0.25, 0.3) is 0 Å². The minimum Gasteiger partial charge on any atom is -0.457 e. The zero-order valence-corrected chi connectivity index (χ0v) is 12.6. The third-order valence-electron chi connectivity index (χ3n) is 4.17. The van der Waals surface area contributed by atoms with Gasteiger partial charge in [0.2, 0.25) is 0 Å². The maximum absolute atomic E-state index is 9.12. The summed E-state index contributed by atoms with van der Waals surface area (Å²) in [7, 11) is 0. The zero-order valence-electron chi connectivity index (χ0n) is 12.6. The second-order valence-electron chi connectivity index (χ2n) is 5.78. The highest BCUT2D eigenvalue weighted by atomic mass is 16.5. The summed E-state index contributed by atoms with van der Waals surface area (Å²) in [6, 6.07) is 12.5. The highest BCUT2D eigenvalue weighted by Gasteiger charge is 2.11. The van der Waals surface area contributed by atoms with Crippen molar-refractivity contribution >= 4 is 0 Å². The molecule has 0 heterocycles. The molecule has 0 saturated heterocycles. The smallest absolute Gasteiger partial charge is 0.128 e. The molecule has 2 aromatic carbocycles. The molecule has 0 amide bonds. The number of hydrogen-bond acceptors (Lipinski definition) is 2. The van der Waals surface area contributed by atoms with E-state index in [9.17, 15) is 0 Å². The summed E-state index contributed by atoms with van der Waals surface area (Å²) in [4.78, 5) is 0. The molecule has 0 saturated carbocycles. The van der Waals surface area contributed by atoms with Gasteiger partial charge in [-0.05, 0) is 86.1 Å². The molecule has 0 aliphatic heterocycles. The molecule has 1 aliphatic carbocycles. The van der Waals surface area contributed by atoms with Gasteiger partial charge in [-0.25, -0.2) is 0 Å². The van der Waals surface area contributed by atoms with E-state index in [0.717, 1.165) is 34.6 Å². The van der Waals surface area contributed by atoms with Gasteiger partial charge in [0.1, 0.15) is 11.5 Å². The monoisotopic (exact) mass is 277 g/mol. The molecule has 21 heavy (non-hydrogen) atoms. The Hall–Kier alpha value is -2.27. The van der Waals surface area contributed by atoms with E-state index in [0.29, 0.717) is 0 Å². The molecule has 106 valence electrons. The fourth-order valence-corrected chi connectivity index (χ4v) is 3.07. The van der Waals surface area contributed by atoms with Crippen LogP contribution in [0, 0.1) is 25.2 Å². The lowest BCUT2D eigenvalue weighted by Crippen LogP contribution is -2.02. The quantitative estimate of drug-likeness (QED) is 0.786. The van der Waals surface area contributed by atoms with Crippen molar-refractivity contribution in [3.05, 3.63) is 58.1 Å². The SMILES string of the molecule is Cc1cc(Oc2ccc3c(c2)CCCC3)cc(C)c1C#N. The summed E-state index contributed by atoms with van der Waals surface area (Å²) >= 11 is 0. The van der Waals surface area contributed by atoms with Crippen LogP contribution in [-0.4, -0.2) is 0 Å². The van der Waals surface area contributed by atoms with Crippen LogP contribution in [0.2, 0.25) is 0 Å². The second-order valence-corrected chi connectivity index (χ2v) is 5.78. The van der Waals surface area contributed by atoms with E-state index >= 15 is 0 Å². The first-order valence-electron chi connectivity index (χ1n) is 7.48. The summed E-state index contributed by atoms with van der Waals surface area (Å²) in [5, 5.41) is 9.12. The van der Waals surface area contributed by atoms with Crippen LogP contribution in [0.1, 0.15) is 40.7 Å². The molecule has 1 aliphatic rings. The Kier molecular flexibility index (Phi) is 3.66. The lowest BCUT2D eigenvalue weighted by atomic mass is 9.92. The maximum atomic E-state index is 9.12. The van der Waals surface area contributed by atoms with E-state index < -0.39 is 0 Å². The Morgan fingerprint density at radius 2 is 1.57 bits per heavy atom. The lowest BCUT2D eigenvalue weighted by Gasteiger charge is -2.17. The predicted molar refractivity (Wildman–Crippen MR) is 83.8 cm³/mol. The lowest BCUT2D eigenvalue weighted by molar-refractivity contribution is 0.480. The fourth-order valence-electron chi connectivity index (χ4n) is 3.07. The van der Waals surface area contributed by atoms with Gasteiger partial charge in [-0.3, -0.25) is 0 Å². The number of ether oxygens (including phenoxy) is 1. The molecule has 0 bridgehead atoms. The largest absolute Gasteiger partial charge is 0.457 e. The number of hydrogen-bond donors (Lipinski definition) is 0. The molecule has 0 radical (unpaired) electrons. The number of rotatable bonds is 2. The Bertz CT molecular complexity index is 702. The first-order chi connectivity index (χ1) is 10.2. The molecule has 2 nitrogen and oxygen atoms in total. The van der Waals surface area contributed by atoms with Crippen LogP contribution in [0.3, 0.4) is 0 Å². The van der Waals surface area contributed by atoms with Crippen molar-refractivity contribution in [3.8, 4) is 17.6 Å². The molecule has 0 aromatic heterocycles. The third kappa shape index (κ3) is 2.78. The third-order valence-corrected chi connectivity index (χ3v) is 4.17. The van der Waals surface area contributed by atoms with Crippen LogP contribution in [-0.2, 0) is 12.8 Å². The zero-order chi connectivity index (χ0) is 14.8. The predicted octanol–water partition coefficient (Wildman–Crippen LogP) is 4.85. The van der Waals surface area contributed by atoms with Gasteiger partial charge in [-0.1, -0.05) is 6.07 Å². The van der Waals surface area contributed by atoms with E-state index in [4.69, 9.17) is 10.00 Å². The van der Waals surface area contributed by atoms with Crippen LogP contribution < -0.4 is 4.74 Å². The average molecular weight is 277 g/mol. The summed E-state index contributed by atoms with van der Waals surface area (Å²) < 4.78 is 6.00. The van der Waals surface area contributed by atoms with E-state index in [1.807, 2.05) is 32.0 Å². The van der Waals surface area contributed by atoms with Crippen molar-refractivity contribution < 1.29 is 4.74 Å². The Labute approximate surface area is 126 Å². The number of benzene rings is 2. The standard InChI is InChI=1S/C19H19NO/c1-13-9-18(10-14(2)19(13)12-20)21-17-8-7-15-5-3-4-6-16(15)11-17/h7-11H,3-6H2,1-2H3. The molecule has 0 fully saturated rings. The van der Waals surface area contributed by atoms with E-state index in [1.54, 1.807) is 0 Å². The van der Waals surface area contributed by atoms with E-state index in [-0.39, 0.29) is 0 Å². The Morgan fingerprint density at radius 1 is 0.905 bits per heavy atom. The van der Waals surface area contributed by atoms with Crippen molar-refractivity contribution in [2.45, 2.75) is 39.5 Å². The molecule has 0 spiro atoms. The van der Waals surface area contributed by atoms with Gasteiger partial charge in [0, 0.05) is 0 Å². The molecule has 3 rings (SSSR count). The number of fused-ring (bicyclic) bond motifs is 1. The second kappa shape index (κ2) is 5.61. The summed E-state index contributed by atoms with van der Waals surface area (Å²) in [5.41, 5.74) is 5.55. The first-order valence-corrected chi connectivity index (χ1v) is 7.48. The molecular formula is C19H19NO. The summed E-state index contributed by atoms with van der Waals surface area (Å²) in [5.74, 6) is 1.69. The minimum absolute atomic E-state index is 0.743. The summed E-state index contributed by atoms with van der Waals surface area (Å²) in [6.45, 7) is 3.90. The van der Waals surface area contributed by atoms with Gasteiger partial charge in [0.05, 0.1) is 11.6 Å². The number of nitriles is 1. The van der Waals surface area contributed by atoms with Crippen molar-refractivity contribution in [3.63, 3.8) is 0 Å². The number of nitrogens with zero attached hydrogens (tertiary/aromatic N) is 1. The van der Waals surface area contributed by atoms with Crippen molar-refractivity contribution in [1.29, 1.82) is 5.26 Å². The van der Waals surface area contributed by atoms with Crippen LogP contribution >= 0.6 is 0 Å². The van der Waals surface area contributed by atoms with Gasteiger partial charge in [0.15, 0.2) is 0 Å². The van der Waals surface area contributed by atoms with Crippen LogP contribution in [0.15, 0.2) is 30.3 Å². The molecule has 2 heteroatoms. The maximum Gasteiger partial charge on any atom is 0.128 e. The van der Waals surface area contributed by atoms with Gasteiger partial charge in [-0.15, -0.1) is 0 Å². The molecule has 0 unspecified atom stereocenters. The normalized spacial score (nSPS) is 13.4. The van der Waals surface area contributed by atoms with Crippen molar-refractivity contribution in [2.75, 3.05) is 0 Å². The van der Waals surface area contributed by atoms with Crippen molar-refractivity contribution in [1.82, 2.24) is 0 Å². The van der Waals surface area contributed by atoms with Crippen LogP contribution in [0.25, 0.3) is 0 Å². The van der Waals surface area contributed by atoms with Gasteiger partial charge < -0.3 is 4.74 Å². The van der Waals surface area contributed by atoms with Crippen molar-refractivity contribution in [2.24, 2.45) is 0 Å². The van der Waals surface area contributed by atoms with E-state index in [2.05, 4.69) is 18.2 Å². The Morgan fingerprint density at radius 3 is 2.24 bits per heavy atom. The first kappa shape index (κ1) is 13.7. The molecule has 2 aromatic rings. The molecule has 0 atom stereocenters. The Balaban J connectivity index is 1.89. The number of aryl methyl sites for hydroxylation is 4. The molecular weight excluding hydrogens is 258 g/mol. The molecule has 0 N–H and O–H groups in total. The highest BCUT2D eigenvalue weighted by Crippen LogP contribution is 2.30. The fraction of sp³-hybridized carbons (Fsp3) is 0.316. The minimum atomic E-state index is 0.743. The van der Waals surface area contributed by atoms with Crippen LogP contribution in [0.5, 0.6) is 11.5 Å². The topological polar surface area (TPSA) is 33.0 Å². The van der Waals surface area contributed by atoms with E-state index in [1.165, 1.54) is 30.4 Å². The highest BCUT2D eigenvalue weighted by molar-refractivity contribution is 5.49. The van der Waals surface area contributed by atoms with Gasteiger partial charge in [-0.2, -0.15) is 5.26 Å².